The van der Waals surface area contributed by atoms with Crippen molar-refractivity contribution in [2.45, 2.75) is 52.1 Å². The molecule has 4 rings (SSSR count). The Labute approximate surface area is 193 Å². The smallest absolute Gasteiger partial charge is 0.333 e. The number of aromatic nitrogens is 2. The van der Waals surface area contributed by atoms with E-state index in [1.807, 2.05) is 29.2 Å². The minimum atomic E-state index is -2.67. The number of hydrogen-bond donors (Lipinski definition) is 1. The molecule has 1 saturated heterocycles. The van der Waals surface area contributed by atoms with Gasteiger partial charge in [0.15, 0.2) is 5.72 Å². The predicted octanol–water partition coefficient (Wildman–Crippen LogP) is 3.63. The highest BCUT2D eigenvalue weighted by atomic mass is 19.3. The maximum Gasteiger partial charge on any atom is 0.333 e. The van der Waals surface area contributed by atoms with Gasteiger partial charge in [-0.1, -0.05) is 26.0 Å². The number of likely N-dealkylation sites (tertiary alicyclic amines) is 1. The number of halogens is 2. The Bertz CT molecular complexity index is 939. The van der Waals surface area contributed by atoms with Gasteiger partial charge in [-0.15, -0.1) is 0 Å². The summed E-state index contributed by atoms with van der Waals surface area (Å²) < 4.78 is 32.4. The summed E-state index contributed by atoms with van der Waals surface area (Å²) in [4.78, 5) is 15.0. The highest BCUT2D eigenvalue weighted by Gasteiger charge is 2.40. The molecule has 180 valence electrons. The molecule has 8 nitrogen and oxygen atoms in total. The lowest BCUT2D eigenvalue weighted by molar-refractivity contribution is -0.0875. The van der Waals surface area contributed by atoms with Gasteiger partial charge in [-0.2, -0.15) is 13.9 Å². The van der Waals surface area contributed by atoms with Crippen molar-refractivity contribution in [1.82, 2.24) is 25.1 Å². The van der Waals surface area contributed by atoms with Gasteiger partial charge in [-0.3, -0.25) is 0 Å². The number of nitrogens with one attached hydrogen (secondary N) is 1. The Morgan fingerprint density at radius 3 is 2.52 bits per heavy atom. The van der Waals surface area contributed by atoms with Crippen molar-refractivity contribution in [2.75, 3.05) is 26.7 Å². The second-order valence-electron chi connectivity index (χ2n) is 9.16. The normalized spacial score (nSPS) is 18.1. The van der Waals surface area contributed by atoms with Crippen LogP contribution in [0.3, 0.4) is 0 Å². The first-order valence-electron chi connectivity index (χ1n) is 11.3. The number of nitrogens with zero attached hydrogens (tertiary/aromatic N) is 5. The van der Waals surface area contributed by atoms with Crippen LogP contribution in [0.25, 0.3) is 0 Å². The molecule has 0 unspecified atom stereocenters. The maximum atomic E-state index is 13.0. The van der Waals surface area contributed by atoms with Gasteiger partial charge in [0.2, 0.25) is 5.96 Å². The Balaban J connectivity index is 1.51. The van der Waals surface area contributed by atoms with Crippen LogP contribution in [0.5, 0.6) is 5.75 Å². The van der Waals surface area contributed by atoms with Crippen LogP contribution >= 0.6 is 0 Å². The highest BCUT2D eigenvalue weighted by molar-refractivity contribution is 5.80. The van der Waals surface area contributed by atoms with Gasteiger partial charge in [0.1, 0.15) is 5.75 Å². The molecule has 0 bridgehead atoms. The molecule has 3 heterocycles. The standard InChI is InChI=1S/C23H32F2N6O2/c1-17(2)16-32-20-6-4-18(5-7-20)14-30(15-19-8-11-31(27-19)21(24)25)22-26-23(33-28-22)9-12-29(3)13-10-23/h4-8,11,17,21H,9-10,12-16H2,1-3H3,(H,26,28). The first-order valence-corrected chi connectivity index (χ1v) is 11.3. The van der Waals surface area contributed by atoms with E-state index in [4.69, 9.17) is 14.6 Å². The zero-order valence-corrected chi connectivity index (χ0v) is 19.4. The van der Waals surface area contributed by atoms with E-state index in [1.54, 1.807) is 6.07 Å². The average molecular weight is 463 g/mol. The van der Waals surface area contributed by atoms with Gasteiger partial charge in [-0.25, -0.2) is 20.0 Å². The summed E-state index contributed by atoms with van der Waals surface area (Å²) in [5, 5.41) is 4.01. The van der Waals surface area contributed by atoms with E-state index in [0.717, 1.165) is 37.2 Å². The summed E-state index contributed by atoms with van der Waals surface area (Å²) in [6.45, 7) is 4.83. The van der Waals surface area contributed by atoms with Gasteiger partial charge in [0.25, 0.3) is 0 Å². The van der Waals surface area contributed by atoms with Crippen molar-refractivity contribution in [3.63, 3.8) is 0 Å². The maximum absolute atomic E-state index is 13.0. The minimum absolute atomic E-state index is 0.316. The zero-order valence-electron chi connectivity index (χ0n) is 19.4. The molecule has 1 aromatic heterocycles. The third-order valence-electron chi connectivity index (χ3n) is 5.81. The third-order valence-corrected chi connectivity index (χ3v) is 5.81. The van der Waals surface area contributed by atoms with E-state index in [9.17, 15) is 8.78 Å². The number of benzene rings is 1. The van der Waals surface area contributed by atoms with Crippen molar-refractivity contribution in [1.29, 1.82) is 0 Å². The van der Waals surface area contributed by atoms with Crippen molar-refractivity contribution < 1.29 is 18.4 Å². The SMILES string of the molecule is CC(C)COc1ccc(CN(Cc2ccn(C(F)F)n2)C2=NC3(CCN(C)CC3)ON2)cc1. The number of ether oxygens (including phenoxy) is 1. The first-order chi connectivity index (χ1) is 15.8. The van der Waals surface area contributed by atoms with Gasteiger partial charge < -0.3 is 14.5 Å². The number of guanidine groups is 1. The Hall–Kier alpha value is -2.72. The quantitative estimate of drug-likeness (QED) is 0.646. The summed E-state index contributed by atoms with van der Waals surface area (Å²) >= 11 is 0. The summed E-state index contributed by atoms with van der Waals surface area (Å²) in [6.07, 6.45) is 2.86. The number of hydroxylamine groups is 1. The molecule has 0 atom stereocenters. The molecule has 1 spiro atoms. The number of aliphatic imine (C=N–C) groups is 1. The lowest BCUT2D eigenvalue weighted by atomic mass is 10.0. The lowest BCUT2D eigenvalue weighted by Gasteiger charge is -2.33. The molecular formula is C23H32F2N6O2. The Morgan fingerprint density at radius 2 is 1.88 bits per heavy atom. The van der Waals surface area contributed by atoms with E-state index in [0.29, 0.717) is 41.9 Å². The van der Waals surface area contributed by atoms with Crippen LogP contribution in [0.1, 0.15) is 44.5 Å². The fraction of sp³-hybridized carbons (Fsp3) is 0.565. The van der Waals surface area contributed by atoms with Crippen LogP contribution in [-0.4, -0.2) is 58.0 Å². The van der Waals surface area contributed by atoms with Gasteiger partial charge >= 0.3 is 6.55 Å². The molecule has 33 heavy (non-hydrogen) atoms. The van der Waals surface area contributed by atoms with Gasteiger partial charge in [0.05, 0.1) is 18.8 Å². The van der Waals surface area contributed by atoms with E-state index in [1.165, 1.54) is 6.20 Å². The number of piperidine rings is 1. The summed E-state index contributed by atoms with van der Waals surface area (Å²) in [5.74, 6) is 1.86. The van der Waals surface area contributed by atoms with Crippen LogP contribution in [0.15, 0.2) is 41.5 Å². The van der Waals surface area contributed by atoms with Crippen LogP contribution in [0.4, 0.5) is 8.78 Å². The monoisotopic (exact) mass is 462 g/mol. The fourth-order valence-corrected chi connectivity index (χ4v) is 3.84. The molecule has 2 aliphatic heterocycles. The molecular weight excluding hydrogens is 430 g/mol. The first kappa shape index (κ1) is 23.4. The fourth-order valence-electron chi connectivity index (χ4n) is 3.84. The predicted molar refractivity (Wildman–Crippen MR) is 121 cm³/mol. The van der Waals surface area contributed by atoms with E-state index >= 15 is 0 Å². The van der Waals surface area contributed by atoms with Gasteiger partial charge in [-0.05, 0) is 36.7 Å². The molecule has 0 saturated carbocycles. The Kier molecular flexibility index (Phi) is 7.14. The average Bonchev–Trinajstić information content (AvgIpc) is 3.43. The van der Waals surface area contributed by atoms with E-state index in [-0.39, 0.29) is 0 Å². The Morgan fingerprint density at radius 1 is 1.15 bits per heavy atom. The summed E-state index contributed by atoms with van der Waals surface area (Å²) in [6, 6.07) is 9.49. The van der Waals surface area contributed by atoms with Gasteiger partial charge in [0, 0.05) is 38.7 Å². The summed E-state index contributed by atoms with van der Waals surface area (Å²) in [7, 11) is 2.08. The second kappa shape index (κ2) is 10.0. The molecule has 0 amide bonds. The number of hydrogen-bond acceptors (Lipinski definition) is 7. The van der Waals surface area contributed by atoms with Crippen molar-refractivity contribution >= 4 is 5.96 Å². The van der Waals surface area contributed by atoms with E-state index in [2.05, 4.69) is 36.4 Å². The third kappa shape index (κ3) is 6.00. The van der Waals surface area contributed by atoms with Crippen molar-refractivity contribution in [2.24, 2.45) is 10.9 Å². The molecule has 1 aromatic carbocycles. The molecule has 0 radical (unpaired) electrons. The van der Waals surface area contributed by atoms with Crippen LogP contribution in [-0.2, 0) is 17.9 Å². The van der Waals surface area contributed by atoms with Crippen LogP contribution < -0.4 is 10.2 Å². The molecule has 1 fully saturated rings. The number of rotatable bonds is 8. The van der Waals surface area contributed by atoms with Crippen molar-refractivity contribution in [3.8, 4) is 5.75 Å². The molecule has 0 aliphatic carbocycles. The topological polar surface area (TPSA) is 67.2 Å². The van der Waals surface area contributed by atoms with Crippen LogP contribution in [0, 0.1) is 5.92 Å². The van der Waals surface area contributed by atoms with Crippen molar-refractivity contribution in [3.05, 3.63) is 47.8 Å². The minimum Gasteiger partial charge on any atom is -0.493 e. The highest BCUT2D eigenvalue weighted by Crippen LogP contribution is 2.30. The lowest BCUT2D eigenvalue weighted by Crippen LogP contribution is -2.43. The second-order valence-corrected chi connectivity index (χ2v) is 9.16. The molecule has 2 aromatic rings. The summed E-state index contributed by atoms with van der Waals surface area (Å²) in [5.41, 5.74) is 3.97. The largest absolute Gasteiger partial charge is 0.493 e. The molecule has 1 N–H and O–H groups in total. The number of alkyl halides is 2. The zero-order chi connectivity index (χ0) is 23.4. The molecule has 10 heteroatoms. The van der Waals surface area contributed by atoms with E-state index < -0.39 is 12.3 Å². The van der Waals surface area contributed by atoms with Crippen LogP contribution in [0.2, 0.25) is 0 Å². The molecule has 2 aliphatic rings.